The highest BCUT2D eigenvalue weighted by atomic mass is 79.9. The van der Waals surface area contributed by atoms with Gasteiger partial charge in [0.2, 0.25) is 11.9 Å². The molecule has 0 bridgehead atoms. The maximum atomic E-state index is 12.2. The first-order valence-electron chi connectivity index (χ1n) is 8.20. The minimum absolute atomic E-state index is 0.441. The Hall–Kier alpha value is -2.64. The molecule has 3 aromatic rings. The van der Waals surface area contributed by atoms with Crippen molar-refractivity contribution in [3.63, 3.8) is 0 Å². The van der Waals surface area contributed by atoms with Crippen molar-refractivity contribution in [1.82, 2.24) is 14.8 Å². The molecule has 6 nitrogen and oxygen atoms in total. The van der Waals surface area contributed by atoms with E-state index in [0.29, 0.717) is 33.6 Å². The van der Waals surface area contributed by atoms with E-state index < -0.39 is 11.9 Å². The summed E-state index contributed by atoms with van der Waals surface area (Å²) in [7, 11) is 0. The van der Waals surface area contributed by atoms with Crippen molar-refractivity contribution in [1.29, 1.82) is 0 Å². The highest BCUT2D eigenvalue weighted by Crippen LogP contribution is 2.37. The molecule has 1 aliphatic heterocycles. The average Bonchev–Trinajstić information content (AvgIpc) is 3.03. The molecule has 8 heteroatoms. The number of carbonyl (C=O) groups excluding carboxylic acids is 1. The van der Waals surface area contributed by atoms with Gasteiger partial charge in [0.1, 0.15) is 6.04 Å². The third kappa shape index (κ3) is 3.13. The summed E-state index contributed by atoms with van der Waals surface area (Å²) < 4.78 is 2.57. The number of allylic oxidation sites excluding steroid dienone is 1. The van der Waals surface area contributed by atoms with E-state index in [1.807, 2.05) is 42.5 Å². The zero-order valence-electron chi connectivity index (χ0n) is 14.3. The van der Waals surface area contributed by atoms with Crippen LogP contribution in [-0.2, 0) is 4.79 Å². The Morgan fingerprint density at radius 3 is 2.74 bits per heavy atom. The molecule has 2 heterocycles. The van der Waals surface area contributed by atoms with Crippen LogP contribution in [0.4, 0.5) is 5.95 Å². The maximum Gasteiger partial charge on any atom is 0.248 e. The Morgan fingerprint density at radius 1 is 1.26 bits per heavy atom. The SMILES string of the molecule is CC1=C(C(N)=O)[C@@H](c2cccc(Br)c2)n2nc(-c3ccccc3Cl)nc2N1. The summed E-state index contributed by atoms with van der Waals surface area (Å²) in [6.07, 6.45) is 0. The van der Waals surface area contributed by atoms with Crippen LogP contribution >= 0.6 is 27.5 Å². The topological polar surface area (TPSA) is 85.8 Å². The van der Waals surface area contributed by atoms with Gasteiger partial charge in [0.05, 0.1) is 10.6 Å². The van der Waals surface area contributed by atoms with E-state index >= 15 is 0 Å². The van der Waals surface area contributed by atoms with Crippen LogP contribution in [0.25, 0.3) is 11.4 Å². The van der Waals surface area contributed by atoms with E-state index in [-0.39, 0.29) is 0 Å². The summed E-state index contributed by atoms with van der Waals surface area (Å²) in [5, 5.41) is 8.32. The lowest BCUT2D eigenvalue weighted by Crippen LogP contribution is -2.31. The highest BCUT2D eigenvalue weighted by molar-refractivity contribution is 9.10. The Morgan fingerprint density at radius 2 is 2.04 bits per heavy atom. The number of rotatable bonds is 3. The number of carbonyl (C=O) groups is 1. The first-order chi connectivity index (χ1) is 13.0. The molecule has 1 aliphatic rings. The second-order valence-corrected chi connectivity index (χ2v) is 7.49. The van der Waals surface area contributed by atoms with E-state index in [0.717, 1.165) is 10.0 Å². The standard InChI is InChI=1S/C19H15BrClN5O/c1-10-15(17(22)27)16(11-5-4-6-12(20)9-11)26-19(23-10)24-18(25-26)13-7-2-3-8-14(13)21/h2-9,16H,1H3,(H2,22,27)(H,23,24,25)/t16-/m1/s1. The molecule has 0 radical (unpaired) electrons. The molecule has 0 spiro atoms. The molecule has 1 amide bonds. The predicted octanol–water partition coefficient (Wildman–Crippen LogP) is 4.14. The second kappa shape index (κ2) is 6.83. The fraction of sp³-hybridized carbons (Fsp3) is 0.105. The molecular weight excluding hydrogens is 430 g/mol. The Balaban J connectivity index is 1.91. The van der Waals surface area contributed by atoms with Gasteiger partial charge >= 0.3 is 0 Å². The van der Waals surface area contributed by atoms with E-state index in [1.165, 1.54) is 0 Å². The van der Waals surface area contributed by atoms with Crippen molar-refractivity contribution in [2.45, 2.75) is 13.0 Å². The van der Waals surface area contributed by atoms with Gasteiger partial charge in [-0.1, -0.05) is 51.8 Å². The third-order valence-electron chi connectivity index (χ3n) is 4.40. The van der Waals surface area contributed by atoms with Gasteiger partial charge < -0.3 is 11.1 Å². The minimum atomic E-state index is -0.509. The van der Waals surface area contributed by atoms with E-state index in [2.05, 4.69) is 31.3 Å². The molecule has 27 heavy (non-hydrogen) atoms. The first-order valence-corrected chi connectivity index (χ1v) is 9.37. The van der Waals surface area contributed by atoms with Crippen LogP contribution in [0.3, 0.4) is 0 Å². The third-order valence-corrected chi connectivity index (χ3v) is 5.22. The number of benzene rings is 2. The van der Waals surface area contributed by atoms with Gasteiger partial charge in [-0.3, -0.25) is 4.79 Å². The zero-order valence-corrected chi connectivity index (χ0v) is 16.6. The van der Waals surface area contributed by atoms with Crippen molar-refractivity contribution < 1.29 is 4.79 Å². The van der Waals surface area contributed by atoms with Gasteiger partial charge in [-0.25, -0.2) is 4.68 Å². The molecule has 136 valence electrons. The summed E-state index contributed by atoms with van der Waals surface area (Å²) in [4.78, 5) is 16.8. The fourth-order valence-electron chi connectivity index (χ4n) is 3.21. The molecule has 0 fully saturated rings. The van der Waals surface area contributed by atoms with Crippen LogP contribution in [0, 0.1) is 0 Å². The second-order valence-electron chi connectivity index (χ2n) is 6.17. The number of nitrogens with zero attached hydrogens (tertiary/aromatic N) is 3. The molecule has 0 saturated carbocycles. The van der Waals surface area contributed by atoms with Gasteiger partial charge in [-0.2, -0.15) is 4.98 Å². The van der Waals surface area contributed by atoms with Crippen molar-refractivity contribution in [3.05, 3.63) is 74.9 Å². The molecule has 1 aromatic heterocycles. The largest absolute Gasteiger partial charge is 0.366 e. The van der Waals surface area contributed by atoms with Gasteiger partial charge in [0, 0.05) is 15.7 Å². The number of amides is 1. The Kier molecular flexibility index (Phi) is 4.49. The molecule has 2 aromatic carbocycles. The number of nitrogens with two attached hydrogens (primary N) is 1. The number of anilines is 1. The number of fused-ring (bicyclic) bond motifs is 1. The van der Waals surface area contributed by atoms with Crippen LogP contribution in [0.1, 0.15) is 18.5 Å². The number of hydrogen-bond donors (Lipinski definition) is 2. The van der Waals surface area contributed by atoms with Gasteiger partial charge in [-0.05, 0) is 36.8 Å². The van der Waals surface area contributed by atoms with Crippen molar-refractivity contribution in [3.8, 4) is 11.4 Å². The molecule has 1 atom stereocenters. The monoisotopic (exact) mass is 443 g/mol. The molecule has 0 saturated heterocycles. The van der Waals surface area contributed by atoms with Crippen LogP contribution < -0.4 is 11.1 Å². The van der Waals surface area contributed by atoms with Gasteiger partial charge in [0.15, 0.2) is 5.82 Å². The molecule has 0 unspecified atom stereocenters. The molecule has 0 aliphatic carbocycles. The summed E-state index contributed by atoms with van der Waals surface area (Å²) >= 11 is 9.79. The smallest absolute Gasteiger partial charge is 0.248 e. The summed E-state index contributed by atoms with van der Waals surface area (Å²) in [5.74, 6) is 0.490. The van der Waals surface area contributed by atoms with Gasteiger partial charge in [-0.15, -0.1) is 5.10 Å². The zero-order chi connectivity index (χ0) is 19.1. The maximum absolute atomic E-state index is 12.2. The predicted molar refractivity (Wildman–Crippen MR) is 108 cm³/mol. The van der Waals surface area contributed by atoms with Crippen LogP contribution in [0.5, 0.6) is 0 Å². The van der Waals surface area contributed by atoms with E-state index in [9.17, 15) is 4.79 Å². The average molecular weight is 445 g/mol. The Bertz CT molecular complexity index is 1090. The number of primary amides is 1. The fourth-order valence-corrected chi connectivity index (χ4v) is 3.85. The number of halogens is 2. The van der Waals surface area contributed by atoms with Crippen LogP contribution in [0.2, 0.25) is 5.02 Å². The summed E-state index contributed by atoms with van der Waals surface area (Å²) in [6, 6.07) is 14.6. The van der Waals surface area contributed by atoms with Gasteiger partial charge in [0.25, 0.3) is 0 Å². The van der Waals surface area contributed by atoms with Crippen LogP contribution in [-0.4, -0.2) is 20.7 Å². The molecule has 3 N–H and O–H groups in total. The van der Waals surface area contributed by atoms with Crippen molar-refractivity contribution in [2.24, 2.45) is 5.73 Å². The van der Waals surface area contributed by atoms with E-state index in [4.69, 9.17) is 17.3 Å². The lowest BCUT2D eigenvalue weighted by atomic mass is 9.95. The molecule has 4 rings (SSSR count). The first kappa shape index (κ1) is 17.8. The number of aromatic nitrogens is 3. The van der Waals surface area contributed by atoms with Crippen LogP contribution in [0.15, 0.2) is 64.3 Å². The summed E-state index contributed by atoms with van der Waals surface area (Å²) in [5.41, 5.74) is 8.37. The number of nitrogens with one attached hydrogen (secondary N) is 1. The lowest BCUT2D eigenvalue weighted by molar-refractivity contribution is -0.115. The van der Waals surface area contributed by atoms with Crippen molar-refractivity contribution in [2.75, 3.05) is 5.32 Å². The summed E-state index contributed by atoms with van der Waals surface area (Å²) in [6.45, 7) is 1.80. The van der Waals surface area contributed by atoms with E-state index in [1.54, 1.807) is 17.7 Å². The normalized spacial score (nSPS) is 16.0. The molecular formula is C19H15BrClN5O. The van der Waals surface area contributed by atoms with Crippen molar-refractivity contribution >= 4 is 39.4 Å². The Labute approximate surface area is 169 Å². The lowest BCUT2D eigenvalue weighted by Gasteiger charge is -2.27. The minimum Gasteiger partial charge on any atom is -0.366 e. The quantitative estimate of drug-likeness (QED) is 0.636. The highest BCUT2D eigenvalue weighted by Gasteiger charge is 2.33. The number of hydrogen-bond acceptors (Lipinski definition) is 4.